The highest BCUT2D eigenvalue weighted by molar-refractivity contribution is 5.66. The van der Waals surface area contributed by atoms with E-state index in [-0.39, 0.29) is 24.7 Å². The minimum atomic E-state index is -1.83. The molecule has 7 nitrogen and oxygen atoms in total. The first kappa shape index (κ1) is 20.7. The molecule has 0 radical (unpaired) electrons. The first-order valence-corrected chi connectivity index (χ1v) is 10.4. The third-order valence-electron chi connectivity index (χ3n) is 6.06. The first-order chi connectivity index (χ1) is 14.8. The average Bonchev–Trinajstić information content (AvgIpc) is 3.20. The van der Waals surface area contributed by atoms with Crippen LogP contribution >= 0.6 is 0 Å². The zero-order valence-corrected chi connectivity index (χ0v) is 16.9. The number of carboxylic acid groups (broad SMARTS) is 1. The van der Waals surface area contributed by atoms with Gasteiger partial charge in [-0.05, 0) is 61.1 Å². The van der Waals surface area contributed by atoms with Crippen molar-refractivity contribution >= 4 is 11.7 Å². The number of hydrogen-bond acceptors (Lipinski definition) is 4. The van der Waals surface area contributed by atoms with Gasteiger partial charge in [0.25, 0.3) is 0 Å². The predicted octanol–water partition coefficient (Wildman–Crippen LogP) is 4.68. The summed E-state index contributed by atoms with van der Waals surface area (Å²) >= 11 is 0. The van der Waals surface area contributed by atoms with Crippen molar-refractivity contribution in [3.05, 3.63) is 64.1 Å². The molecule has 0 bridgehead atoms. The van der Waals surface area contributed by atoms with Gasteiger partial charge in [-0.25, -0.2) is 0 Å². The van der Waals surface area contributed by atoms with Gasteiger partial charge in [0.05, 0.1) is 13.6 Å². The average molecular weight is 414 g/mol. The summed E-state index contributed by atoms with van der Waals surface area (Å²) in [5.41, 5.74) is 11.0. The second-order valence-electron chi connectivity index (χ2n) is 8.22. The summed E-state index contributed by atoms with van der Waals surface area (Å²) in [5.74, 6) is -0.342. The summed E-state index contributed by atoms with van der Waals surface area (Å²) in [4.78, 5) is 13.4. The summed E-state index contributed by atoms with van der Waals surface area (Å²) in [5, 5.41) is 33.4. The molecule has 0 aromatic heterocycles. The van der Waals surface area contributed by atoms with Crippen molar-refractivity contribution in [3.63, 3.8) is 0 Å². The van der Waals surface area contributed by atoms with Crippen LogP contribution in [0.15, 0.2) is 53.2 Å². The zero-order chi connectivity index (χ0) is 22.4. The molecule has 160 valence electrons. The van der Waals surface area contributed by atoms with Gasteiger partial charge in [-0.1, -0.05) is 47.1 Å². The van der Waals surface area contributed by atoms with Gasteiger partial charge >= 0.3 is 5.97 Å². The number of rotatable bonds is 10. The molecular weight excluding hydrogens is 382 g/mol. The van der Waals surface area contributed by atoms with E-state index in [9.17, 15) is 15.0 Å². The van der Waals surface area contributed by atoms with Gasteiger partial charge in [0.2, 0.25) is 0 Å². The molecule has 5 atom stereocenters. The van der Waals surface area contributed by atoms with E-state index in [0.29, 0.717) is 30.0 Å². The van der Waals surface area contributed by atoms with Crippen molar-refractivity contribution in [2.45, 2.75) is 57.1 Å². The second kappa shape index (κ2) is 10.4. The van der Waals surface area contributed by atoms with Crippen LogP contribution in [0.1, 0.15) is 45.5 Å². The maximum Gasteiger partial charge on any atom is 0.303 e. The Hall–Kier alpha value is -2.60. The molecule has 2 aliphatic carbocycles. The Morgan fingerprint density at radius 3 is 3.03 bits per heavy atom. The first-order valence-electron chi connectivity index (χ1n) is 10.9. The van der Waals surface area contributed by atoms with Gasteiger partial charge in [0.1, 0.15) is 0 Å². The van der Waals surface area contributed by atoms with Crippen LogP contribution in [-0.2, 0) is 11.2 Å². The summed E-state index contributed by atoms with van der Waals surface area (Å²) in [6, 6.07) is 6.78. The Labute approximate surface area is 177 Å². The molecule has 0 heterocycles. The van der Waals surface area contributed by atoms with Crippen LogP contribution in [0.25, 0.3) is 10.4 Å². The van der Waals surface area contributed by atoms with E-state index in [1.54, 1.807) is 30.3 Å². The molecule has 0 unspecified atom stereocenters. The molecule has 7 heteroatoms. The smallest absolute Gasteiger partial charge is 0.303 e. The van der Waals surface area contributed by atoms with Crippen molar-refractivity contribution < 1.29 is 21.5 Å². The summed E-state index contributed by atoms with van der Waals surface area (Å²) in [6.45, 7) is 0. The topological polar surface area (TPSA) is 127 Å². The van der Waals surface area contributed by atoms with Crippen LogP contribution in [0.2, 0.25) is 0 Å². The van der Waals surface area contributed by atoms with Gasteiger partial charge in [0, 0.05) is 29.4 Å². The quantitative estimate of drug-likeness (QED) is 0.169. The van der Waals surface area contributed by atoms with Crippen molar-refractivity contribution in [1.82, 2.24) is 0 Å². The molecular formula is C23H29N3O4. The third kappa shape index (κ3) is 5.95. The number of nitrogens with zero attached hydrogens (tertiary/aromatic N) is 3. The molecule has 1 aromatic rings. The number of aliphatic hydroxyl groups is 2. The zero-order valence-electron chi connectivity index (χ0n) is 17.9. The number of aliphatic hydroxyl groups excluding tert-OH is 1. The lowest BCUT2D eigenvalue weighted by Crippen LogP contribution is -2.18. The van der Waals surface area contributed by atoms with Crippen molar-refractivity contribution in [1.29, 1.82) is 0 Å². The number of aliphatic carboxylic acids is 1. The van der Waals surface area contributed by atoms with Gasteiger partial charge in [-0.3, -0.25) is 4.79 Å². The highest BCUT2D eigenvalue weighted by Crippen LogP contribution is 2.48. The molecule has 0 amide bonds. The van der Waals surface area contributed by atoms with Crippen LogP contribution in [0.3, 0.4) is 0 Å². The molecule has 1 fully saturated rings. The molecule has 30 heavy (non-hydrogen) atoms. The highest BCUT2D eigenvalue weighted by atomic mass is 16.4. The molecule has 1 saturated carbocycles. The molecule has 3 rings (SSSR count). The fraction of sp³-hybridized carbons (Fsp3) is 0.522. The van der Waals surface area contributed by atoms with Crippen LogP contribution in [0, 0.1) is 17.8 Å². The maximum atomic E-state index is 10.6. The normalized spacial score (nSPS) is 27.8. The molecule has 0 saturated heterocycles. The van der Waals surface area contributed by atoms with Crippen molar-refractivity contribution in [2.24, 2.45) is 22.9 Å². The Balaban J connectivity index is 1.58. The molecule has 3 N–H and O–H groups in total. The molecule has 1 aromatic carbocycles. The lowest BCUT2D eigenvalue weighted by molar-refractivity contribution is -0.137. The van der Waals surface area contributed by atoms with E-state index in [1.807, 2.05) is 0 Å². The Kier molecular flexibility index (Phi) is 7.19. The lowest BCUT2D eigenvalue weighted by atomic mass is 9.88. The van der Waals surface area contributed by atoms with Crippen molar-refractivity contribution in [3.8, 4) is 0 Å². The van der Waals surface area contributed by atoms with Gasteiger partial charge in [-0.2, -0.15) is 0 Å². The van der Waals surface area contributed by atoms with E-state index >= 15 is 0 Å². The van der Waals surface area contributed by atoms with Crippen LogP contribution in [0.5, 0.6) is 0 Å². The number of carbonyl (C=O) groups is 1. The number of hydrogen-bond donors (Lipinski definition) is 3. The van der Waals surface area contributed by atoms with Crippen LogP contribution in [0.4, 0.5) is 5.69 Å². The number of carboxylic acids is 1. The number of allylic oxidation sites excluding steroid dienone is 2. The van der Waals surface area contributed by atoms with E-state index in [4.69, 9.17) is 12.0 Å². The van der Waals surface area contributed by atoms with E-state index in [2.05, 4.69) is 16.1 Å². The SMILES string of the molecule is [3H][C@](O)(C=C[C@@H]1[C@H]2CC(CCCCC(=O)O)=C[C@H]2C[C@H]1O)Cc1cccc(N=[N+]=[N-])c1. The maximum absolute atomic E-state index is 10.6. The number of unbranched alkanes of at least 4 members (excludes halogenated alkanes) is 1. The largest absolute Gasteiger partial charge is 0.481 e. The minimum Gasteiger partial charge on any atom is -0.481 e. The fourth-order valence-corrected chi connectivity index (χ4v) is 4.69. The van der Waals surface area contributed by atoms with Crippen LogP contribution in [-0.4, -0.2) is 33.5 Å². The number of benzene rings is 1. The van der Waals surface area contributed by atoms with Gasteiger partial charge < -0.3 is 15.3 Å². The third-order valence-corrected chi connectivity index (χ3v) is 6.06. The number of fused-ring (bicyclic) bond motifs is 1. The summed E-state index contributed by atoms with van der Waals surface area (Å²) < 4.78 is 8.26. The minimum absolute atomic E-state index is 0.0439. The summed E-state index contributed by atoms with van der Waals surface area (Å²) in [7, 11) is 0. The van der Waals surface area contributed by atoms with Gasteiger partial charge in [0.15, 0.2) is 0 Å². The van der Waals surface area contributed by atoms with Gasteiger partial charge in [-0.15, -0.1) is 0 Å². The highest BCUT2D eigenvalue weighted by Gasteiger charge is 2.43. The van der Waals surface area contributed by atoms with Crippen LogP contribution < -0.4 is 0 Å². The Morgan fingerprint density at radius 2 is 2.27 bits per heavy atom. The standard InChI is InChI=1S/C23H29N3O4/c24-26-25-18-6-3-5-16(11-18)12-19(27)8-9-20-21-13-15(4-1-2-7-23(29)30)10-17(21)14-22(20)28/h3,5-6,8-11,17,19-22,27-28H,1-2,4,7,12-14H2,(H,29,30)/t17-,19-,20+,21-,22+/m0/s1/i19T. The molecule has 0 aliphatic heterocycles. The van der Waals surface area contributed by atoms with E-state index in [1.165, 1.54) is 11.6 Å². The van der Waals surface area contributed by atoms with E-state index in [0.717, 1.165) is 19.3 Å². The van der Waals surface area contributed by atoms with Crippen molar-refractivity contribution in [2.75, 3.05) is 0 Å². The summed E-state index contributed by atoms with van der Waals surface area (Å²) in [6.07, 6.45) is 7.31. The Bertz CT molecular complexity index is 908. The van der Waals surface area contributed by atoms with E-state index < -0.39 is 18.2 Å². The predicted molar refractivity (Wildman–Crippen MR) is 114 cm³/mol. The number of azide groups is 1. The second-order valence-corrected chi connectivity index (χ2v) is 8.22. The monoisotopic (exact) mass is 413 g/mol. The fourth-order valence-electron chi connectivity index (χ4n) is 4.69. The molecule has 2 aliphatic rings. The Morgan fingerprint density at radius 1 is 1.43 bits per heavy atom. The lowest BCUT2D eigenvalue weighted by Gasteiger charge is -2.19. The molecule has 0 spiro atoms.